The lowest BCUT2D eigenvalue weighted by molar-refractivity contribution is -0.118. The molecule has 2 aliphatic rings. The summed E-state index contributed by atoms with van der Waals surface area (Å²) >= 11 is 1.84. The molecule has 0 bridgehead atoms. The standard InChI is InChI=1S/C15H28N2OS/c1-12-2-4-13(5-3-12)10-17-15(18)11-19-14-6-8-16-9-7-14/h12-14,16H,2-11H2,1H3,(H,17,18). The fraction of sp³-hybridized carbons (Fsp3) is 0.933. The number of rotatable bonds is 5. The Morgan fingerprint density at radius 2 is 1.84 bits per heavy atom. The molecule has 1 aliphatic carbocycles. The molecule has 1 amide bonds. The Labute approximate surface area is 121 Å². The van der Waals surface area contributed by atoms with Crippen LogP contribution < -0.4 is 10.6 Å². The van der Waals surface area contributed by atoms with E-state index >= 15 is 0 Å². The minimum atomic E-state index is 0.238. The fourth-order valence-electron chi connectivity index (χ4n) is 3.00. The van der Waals surface area contributed by atoms with Crippen molar-refractivity contribution in [3.63, 3.8) is 0 Å². The molecular weight excluding hydrogens is 256 g/mol. The van der Waals surface area contributed by atoms with Gasteiger partial charge in [0.1, 0.15) is 0 Å². The van der Waals surface area contributed by atoms with E-state index in [0.29, 0.717) is 11.0 Å². The van der Waals surface area contributed by atoms with E-state index < -0.39 is 0 Å². The smallest absolute Gasteiger partial charge is 0.230 e. The second-order valence-electron chi connectivity index (χ2n) is 6.19. The van der Waals surface area contributed by atoms with E-state index in [1.165, 1.54) is 38.5 Å². The lowest BCUT2D eigenvalue weighted by Crippen LogP contribution is -2.34. The summed E-state index contributed by atoms with van der Waals surface area (Å²) in [6, 6.07) is 0. The lowest BCUT2D eigenvalue weighted by Gasteiger charge is -2.26. The number of nitrogens with one attached hydrogen (secondary N) is 2. The molecule has 1 saturated heterocycles. The van der Waals surface area contributed by atoms with E-state index in [1.54, 1.807) is 0 Å². The Morgan fingerprint density at radius 1 is 1.16 bits per heavy atom. The molecule has 2 rings (SSSR count). The number of carbonyl (C=O) groups excluding carboxylic acids is 1. The molecule has 0 unspecified atom stereocenters. The summed E-state index contributed by atoms with van der Waals surface area (Å²) in [5, 5.41) is 7.17. The van der Waals surface area contributed by atoms with Gasteiger partial charge in [-0.1, -0.05) is 19.8 Å². The van der Waals surface area contributed by atoms with Crippen molar-refractivity contribution in [2.75, 3.05) is 25.4 Å². The summed E-state index contributed by atoms with van der Waals surface area (Å²) in [6.07, 6.45) is 7.68. The highest BCUT2D eigenvalue weighted by Crippen LogP contribution is 2.27. The largest absolute Gasteiger partial charge is 0.355 e. The molecule has 110 valence electrons. The van der Waals surface area contributed by atoms with Gasteiger partial charge in [-0.2, -0.15) is 0 Å². The van der Waals surface area contributed by atoms with Crippen molar-refractivity contribution in [2.24, 2.45) is 11.8 Å². The van der Waals surface area contributed by atoms with Crippen LogP contribution in [-0.2, 0) is 4.79 Å². The first kappa shape index (κ1) is 15.2. The summed E-state index contributed by atoms with van der Waals surface area (Å²) in [5.74, 6) is 2.50. The summed E-state index contributed by atoms with van der Waals surface area (Å²) in [5.41, 5.74) is 0. The van der Waals surface area contributed by atoms with Gasteiger partial charge in [-0.3, -0.25) is 4.79 Å². The molecule has 0 aromatic rings. The van der Waals surface area contributed by atoms with Crippen LogP contribution in [0, 0.1) is 11.8 Å². The van der Waals surface area contributed by atoms with Gasteiger partial charge in [0, 0.05) is 11.8 Å². The maximum atomic E-state index is 11.8. The first-order valence-electron chi connectivity index (χ1n) is 7.83. The summed E-state index contributed by atoms with van der Waals surface area (Å²) in [7, 11) is 0. The molecule has 0 aromatic carbocycles. The van der Waals surface area contributed by atoms with Crippen molar-refractivity contribution < 1.29 is 4.79 Å². The zero-order valence-electron chi connectivity index (χ0n) is 12.1. The Morgan fingerprint density at radius 3 is 2.53 bits per heavy atom. The number of thioether (sulfide) groups is 1. The van der Waals surface area contributed by atoms with E-state index in [9.17, 15) is 4.79 Å². The predicted molar refractivity (Wildman–Crippen MR) is 82.5 cm³/mol. The van der Waals surface area contributed by atoms with Crippen LogP contribution in [0.3, 0.4) is 0 Å². The Bertz CT molecular complexity index is 271. The molecule has 0 spiro atoms. The van der Waals surface area contributed by atoms with Crippen molar-refractivity contribution in [1.82, 2.24) is 10.6 Å². The molecule has 1 aliphatic heterocycles. The van der Waals surface area contributed by atoms with Crippen LogP contribution >= 0.6 is 11.8 Å². The van der Waals surface area contributed by atoms with Crippen LogP contribution in [-0.4, -0.2) is 36.5 Å². The van der Waals surface area contributed by atoms with Crippen molar-refractivity contribution >= 4 is 17.7 Å². The molecule has 1 saturated carbocycles. The van der Waals surface area contributed by atoms with Gasteiger partial charge in [-0.25, -0.2) is 0 Å². The molecular formula is C15H28N2OS. The minimum Gasteiger partial charge on any atom is -0.355 e. The number of piperidine rings is 1. The second-order valence-corrected chi connectivity index (χ2v) is 7.48. The van der Waals surface area contributed by atoms with Crippen LogP contribution in [0.4, 0.5) is 0 Å². The van der Waals surface area contributed by atoms with Crippen LogP contribution in [0.1, 0.15) is 45.4 Å². The maximum absolute atomic E-state index is 11.8. The van der Waals surface area contributed by atoms with Crippen molar-refractivity contribution in [1.29, 1.82) is 0 Å². The highest BCUT2D eigenvalue weighted by atomic mass is 32.2. The SMILES string of the molecule is CC1CCC(CNC(=O)CSC2CCNCC2)CC1. The van der Waals surface area contributed by atoms with E-state index in [0.717, 1.165) is 31.5 Å². The van der Waals surface area contributed by atoms with E-state index in [4.69, 9.17) is 0 Å². The number of hydrogen-bond acceptors (Lipinski definition) is 3. The zero-order chi connectivity index (χ0) is 13.5. The number of hydrogen-bond donors (Lipinski definition) is 2. The normalized spacial score (nSPS) is 29.1. The average molecular weight is 284 g/mol. The molecule has 0 aromatic heterocycles. The Balaban J connectivity index is 1.54. The quantitative estimate of drug-likeness (QED) is 0.814. The zero-order valence-corrected chi connectivity index (χ0v) is 12.9. The highest BCUT2D eigenvalue weighted by molar-refractivity contribution is 8.00. The first-order chi connectivity index (χ1) is 9.24. The molecule has 1 heterocycles. The van der Waals surface area contributed by atoms with Crippen LogP contribution in [0.25, 0.3) is 0 Å². The molecule has 4 heteroatoms. The maximum Gasteiger partial charge on any atom is 0.230 e. The molecule has 19 heavy (non-hydrogen) atoms. The Hall–Kier alpha value is -0.220. The monoisotopic (exact) mass is 284 g/mol. The van der Waals surface area contributed by atoms with Crippen molar-refractivity contribution in [2.45, 2.75) is 50.7 Å². The lowest BCUT2D eigenvalue weighted by atomic mass is 9.83. The van der Waals surface area contributed by atoms with Crippen molar-refractivity contribution in [3.8, 4) is 0 Å². The fourth-order valence-corrected chi connectivity index (χ4v) is 4.06. The van der Waals surface area contributed by atoms with E-state index in [1.807, 2.05) is 11.8 Å². The van der Waals surface area contributed by atoms with Crippen molar-refractivity contribution in [3.05, 3.63) is 0 Å². The summed E-state index contributed by atoms with van der Waals surface area (Å²) in [6.45, 7) is 5.46. The van der Waals surface area contributed by atoms with Crippen LogP contribution in [0.2, 0.25) is 0 Å². The molecule has 3 nitrogen and oxygen atoms in total. The topological polar surface area (TPSA) is 41.1 Å². The van der Waals surface area contributed by atoms with Gasteiger partial charge in [0.2, 0.25) is 5.91 Å². The number of carbonyl (C=O) groups is 1. The van der Waals surface area contributed by atoms with Gasteiger partial charge < -0.3 is 10.6 Å². The Kier molecular flexibility index (Phi) is 6.51. The third kappa shape index (κ3) is 5.74. The molecule has 0 atom stereocenters. The van der Waals surface area contributed by atoms with Gasteiger partial charge in [0.05, 0.1) is 5.75 Å². The molecule has 2 fully saturated rings. The van der Waals surface area contributed by atoms with E-state index in [2.05, 4.69) is 17.6 Å². The van der Waals surface area contributed by atoms with Gasteiger partial charge in [0.15, 0.2) is 0 Å². The van der Waals surface area contributed by atoms with Crippen LogP contribution in [0.5, 0.6) is 0 Å². The third-order valence-electron chi connectivity index (χ3n) is 4.46. The third-order valence-corrected chi connectivity index (χ3v) is 5.83. The van der Waals surface area contributed by atoms with E-state index in [-0.39, 0.29) is 5.91 Å². The van der Waals surface area contributed by atoms with Gasteiger partial charge >= 0.3 is 0 Å². The highest BCUT2D eigenvalue weighted by Gasteiger charge is 2.19. The van der Waals surface area contributed by atoms with Gasteiger partial charge in [0.25, 0.3) is 0 Å². The predicted octanol–water partition coefficient (Wildman–Crippen LogP) is 2.41. The molecule has 0 radical (unpaired) electrons. The second kappa shape index (κ2) is 8.15. The first-order valence-corrected chi connectivity index (χ1v) is 8.88. The van der Waals surface area contributed by atoms with Gasteiger partial charge in [-0.05, 0) is 50.6 Å². The number of amides is 1. The van der Waals surface area contributed by atoms with Gasteiger partial charge in [-0.15, -0.1) is 11.8 Å². The average Bonchev–Trinajstić information content (AvgIpc) is 2.45. The minimum absolute atomic E-state index is 0.238. The summed E-state index contributed by atoms with van der Waals surface area (Å²) < 4.78 is 0. The molecule has 2 N–H and O–H groups in total. The summed E-state index contributed by atoms with van der Waals surface area (Å²) in [4.78, 5) is 11.8. The van der Waals surface area contributed by atoms with Crippen LogP contribution in [0.15, 0.2) is 0 Å².